The van der Waals surface area contributed by atoms with Gasteiger partial charge in [-0.2, -0.15) is 18.2 Å². The fourth-order valence-electron chi connectivity index (χ4n) is 1.57. The first-order valence-electron chi connectivity index (χ1n) is 5.80. The highest BCUT2D eigenvalue weighted by Gasteiger charge is 2.31. The van der Waals surface area contributed by atoms with Crippen LogP contribution in [0.1, 0.15) is 32.3 Å². The molecule has 0 amide bonds. The minimum absolute atomic E-state index is 0.0784. The van der Waals surface area contributed by atoms with E-state index in [1.54, 1.807) is 0 Å². The summed E-state index contributed by atoms with van der Waals surface area (Å²) < 4.78 is 42.8. The largest absolute Gasteiger partial charge is 0.477 e. The first-order valence-corrected chi connectivity index (χ1v) is 5.80. The number of pyridine rings is 1. The fraction of sp³-hybridized carbons (Fsp3) is 0.583. The molecule has 1 atom stereocenters. The Morgan fingerprint density at radius 2 is 2.06 bits per heavy atom. The lowest BCUT2D eigenvalue weighted by atomic mass is 10.1. The molecule has 1 unspecified atom stereocenters. The maximum atomic E-state index is 12.5. The lowest BCUT2D eigenvalue weighted by Crippen LogP contribution is -2.12. The van der Waals surface area contributed by atoms with Crippen molar-refractivity contribution in [3.05, 3.63) is 17.7 Å². The van der Waals surface area contributed by atoms with Gasteiger partial charge in [-0.25, -0.2) is 0 Å². The van der Waals surface area contributed by atoms with E-state index in [9.17, 15) is 13.2 Å². The van der Waals surface area contributed by atoms with Crippen LogP contribution in [-0.4, -0.2) is 11.6 Å². The van der Waals surface area contributed by atoms with Gasteiger partial charge in [-0.05, 0) is 18.4 Å². The molecule has 0 aliphatic heterocycles. The number of ether oxygens (including phenoxy) is 1. The van der Waals surface area contributed by atoms with E-state index in [0.717, 1.165) is 25.0 Å². The van der Waals surface area contributed by atoms with Gasteiger partial charge in [0.15, 0.2) is 0 Å². The van der Waals surface area contributed by atoms with Gasteiger partial charge in [0.25, 0.3) is 0 Å². The molecule has 1 aromatic heterocycles. The molecule has 0 aliphatic carbocycles. The van der Waals surface area contributed by atoms with Crippen molar-refractivity contribution in [2.24, 2.45) is 5.92 Å². The molecule has 0 spiro atoms. The van der Waals surface area contributed by atoms with Gasteiger partial charge < -0.3 is 10.5 Å². The highest BCUT2D eigenvalue weighted by atomic mass is 19.4. The Balaban J connectivity index is 2.75. The summed E-state index contributed by atoms with van der Waals surface area (Å²) in [4.78, 5) is 3.73. The predicted molar refractivity (Wildman–Crippen MR) is 63.2 cm³/mol. The fourth-order valence-corrected chi connectivity index (χ4v) is 1.57. The van der Waals surface area contributed by atoms with Crippen LogP contribution >= 0.6 is 0 Å². The number of hydrogen-bond acceptors (Lipinski definition) is 3. The number of nitrogens with zero attached hydrogens (tertiary/aromatic N) is 1. The maximum Gasteiger partial charge on any atom is 0.416 e. The molecule has 0 radical (unpaired) electrons. The zero-order chi connectivity index (χ0) is 13.8. The molecule has 18 heavy (non-hydrogen) atoms. The lowest BCUT2D eigenvalue weighted by molar-refractivity contribution is -0.137. The van der Waals surface area contributed by atoms with E-state index in [0.29, 0.717) is 6.61 Å². The molecule has 0 aromatic carbocycles. The predicted octanol–water partition coefficient (Wildman–Crippen LogP) is 3.50. The monoisotopic (exact) mass is 262 g/mol. The normalized spacial score (nSPS) is 13.4. The van der Waals surface area contributed by atoms with E-state index in [1.165, 1.54) is 0 Å². The van der Waals surface area contributed by atoms with Gasteiger partial charge in [0.05, 0.1) is 12.2 Å². The number of hydrogen-bond donors (Lipinski definition) is 1. The molecule has 0 fully saturated rings. The summed E-state index contributed by atoms with van der Waals surface area (Å²) in [6.45, 7) is 4.35. The molecular formula is C12H17F3N2O. The Morgan fingerprint density at radius 1 is 1.39 bits per heavy atom. The Bertz CT molecular complexity index is 393. The summed E-state index contributed by atoms with van der Waals surface area (Å²) >= 11 is 0. The van der Waals surface area contributed by atoms with Crippen molar-refractivity contribution in [3.8, 4) is 5.88 Å². The summed E-state index contributed by atoms with van der Waals surface area (Å²) in [5.41, 5.74) is 4.49. The van der Waals surface area contributed by atoms with Crippen molar-refractivity contribution >= 4 is 5.82 Å². The van der Waals surface area contributed by atoms with Gasteiger partial charge in [-0.1, -0.05) is 20.3 Å². The first kappa shape index (κ1) is 14.6. The van der Waals surface area contributed by atoms with Crippen molar-refractivity contribution < 1.29 is 17.9 Å². The number of alkyl halides is 3. The van der Waals surface area contributed by atoms with Crippen molar-refractivity contribution in [2.75, 3.05) is 12.3 Å². The number of rotatable bonds is 5. The molecule has 102 valence electrons. The molecule has 3 nitrogen and oxygen atoms in total. The summed E-state index contributed by atoms with van der Waals surface area (Å²) in [5.74, 6) is 0.000755. The Hall–Kier alpha value is -1.46. The number of nitrogen functional groups attached to an aromatic ring is 1. The minimum Gasteiger partial charge on any atom is -0.477 e. The number of anilines is 1. The van der Waals surface area contributed by atoms with Crippen molar-refractivity contribution in [1.29, 1.82) is 0 Å². The summed E-state index contributed by atoms with van der Waals surface area (Å²) in [6.07, 6.45) is -2.48. The van der Waals surface area contributed by atoms with Gasteiger partial charge in [0, 0.05) is 6.07 Å². The zero-order valence-corrected chi connectivity index (χ0v) is 10.4. The zero-order valence-electron chi connectivity index (χ0n) is 10.4. The van der Waals surface area contributed by atoms with Crippen LogP contribution in [0.25, 0.3) is 0 Å². The van der Waals surface area contributed by atoms with Gasteiger partial charge in [0.2, 0.25) is 5.88 Å². The second kappa shape index (κ2) is 5.93. The standard InChI is InChI=1S/C12H17F3N2O/c1-3-4-8(2)7-18-11-6-9(12(13,14)15)5-10(16)17-11/h5-6,8H,3-4,7H2,1-2H3,(H2,16,17). The average molecular weight is 262 g/mol. The van der Waals surface area contributed by atoms with E-state index in [4.69, 9.17) is 10.5 Å². The van der Waals surface area contributed by atoms with Crippen LogP contribution in [-0.2, 0) is 6.18 Å². The van der Waals surface area contributed by atoms with Crippen LogP contribution in [0.2, 0.25) is 0 Å². The minimum atomic E-state index is -4.44. The highest BCUT2D eigenvalue weighted by Crippen LogP contribution is 2.32. The van der Waals surface area contributed by atoms with Crippen molar-refractivity contribution in [2.45, 2.75) is 32.9 Å². The molecule has 2 N–H and O–H groups in total. The molecule has 0 saturated heterocycles. The third kappa shape index (κ3) is 4.43. The van der Waals surface area contributed by atoms with Crippen molar-refractivity contribution in [1.82, 2.24) is 4.98 Å². The summed E-state index contributed by atoms with van der Waals surface area (Å²) in [5, 5.41) is 0. The smallest absolute Gasteiger partial charge is 0.416 e. The van der Waals surface area contributed by atoms with Gasteiger partial charge in [-0.3, -0.25) is 0 Å². The van der Waals surface area contributed by atoms with Crippen LogP contribution in [0.15, 0.2) is 12.1 Å². The second-order valence-corrected chi connectivity index (χ2v) is 4.32. The molecule has 1 rings (SSSR count). The Kier molecular flexibility index (Phi) is 4.81. The average Bonchev–Trinajstić information content (AvgIpc) is 2.25. The molecule has 1 heterocycles. The summed E-state index contributed by atoms with van der Waals surface area (Å²) in [6, 6.07) is 1.66. The van der Waals surface area contributed by atoms with Crippen LogP contribution in [0.4, 0.5) is 19.0 Å². The van der Waals surface area contributed by atoms with Crippen LogP contribution in [0.3, 0.4) is 0 Å². The molecule has 0 bridgehead atoms. The van der Waals surface area contributed by atoms with Crippen molar-refractivity contribution in [3.63, 3.8) is 0 Å². The van der Waals surface area contributed by atoms with E-state index < -0.39 is 11.7 Å². The topological polar surface area (TPSA) is 48.1 Å². The molecule has 1 aromatic rings. The van der Waals surface area contributed by atoms with E-state index in [2.05, 4.69) is 4.98 Å². The number of nitrogens with two attached hydrogens (primary N) is 1. The summed E-state index contributed by atoms with van der Waals surface area (Å²) in [7, 11) is 0. The molecule has 0 saturated carbocycles. The van der Waals surface area contributed by atoms with E-state index in [1.807, 2.05) is 13.8 Å². The third-order valence-electron chi connectivity index (χ3n) is 2.45. The first-order chi connectivity index (χ1) is 8.32. The number of aromatic nitrogens is 1. The highest BCUT2D eigenvalue weighted by molar-refractivity contribution is 5.38. The lowest BCUT2D eigenvalue weighted by Gasteiger charge is -2.13. The van der Waals surface area contributed by atoms with E-state index >= 15 is 0 Å². The second-order valence-electron chi connectivity index (χ2n) is 4.32. The quantitative estimate of drug-likeness (QED) is 0.883. The molecule has 0 aliphatic rings. The van der Waals surface area contributed by atoms with Crippen LogP contribution in [0, 0.1) is 5.92 Å². The number of halogens is 3. The van der Waals surface area contributed by atoms with Crippen LogP contribution < -0.4 is 10.5 Å². The van der Waals surface area contributed by atoms with Gasteiger partial charge in [-0.15, -0.1) is 0 Å². The molecular weight excluding hydrogens is 245 g/mol. The Morgan fingerprint density at radius 3 is 2.61 bits per heavy atom. The van der Waals surface area contributed by atoms with E-state index in [-0.39, 0.29) is 17.6 Å². The van der Waals surface area contributed by atoms with Crippen LogP contribution in [0.5, 0.6) is 5.88 Å². The SMILES string of the molecule is CCCC(C)COc1cc(C(F)(F)F)cc(N)n1. The maximum absolute atomic E-state index is 12.5. The Labute approximate surface area is 104 Å². The van der Waals surface area contributed by atoms with Gasteiger partial charge in [0.1, 0.15) is 5.82 Å². The third-order valence-corrected chi connectivity index (χ3v) is 2.45. The molecule has 6 heteroatoms. The van der Waals surface area contributed by atoms with Gasteiger partial charge >= 0.3 is 6.18 Å².